The summed E-state index contributed by atoms with van der Waals surface area (Å²) in [5.41, 5.74) is 3.88. The Morgan fingerprint density at radius 1 is 1.24 bits per heavy atom. The largest absolute Gasteiger partial charge is 0.441 e. The molecule has 0 fully saturated rings. The highest BCUT2D eigenvalue weighted by Crippen LogP contribution is 2.24. The standard InChI is InChI=1S/C16H14BrClN2O/c1-2-16-20-14-8-11(4-6-15(14)21-16)19-9-10-3-5-13(18)12(17)7-10/h3-8,19H,2,9H2,1H3. The summed E-state index contributed by atoms with van der Waals surface area (Å²) in [5.74, 6) is 0.767. The summed E-state index contributed by atoms with van der Waals surface area (Å²) in [4.78, 5) is 4.44. The van der Waals surface area contributed by atoms with Crippen LogP contribution >= 0.6 is 27.5 Å². The molecule has 0 bridgehead atoms. The number of nitrogens with one attached hydrogen (secondary N) is 1. The van der Waals surface area contributed by atoms with Crippen LogP contribution in [0.3, 0.4) is 0 Å². The molecule has 0 saturated heterocycles. The van der Waals surface area contributed by atoms with E-state index in [4.69, 9.17) is 16.0 Å². The molecule has 21 heavy (non-hydrogen) atoms. The van der Waals surface area contributed by atoms with E-state index in [9.17, 15) is 0 Å². The van der Waals surface area contributed by atoms with Gasteiger partial charge < -0.3 is 9.73 Å². The monoisotopic (exact) mass is 364 g/mol. The number of halogens is 2. The molecular formula is C16H14BrClN2O. The van der Waals surface area contributed by atoms with Gasteiger partial charge in [0.1, 0.15) is 5.52 Å². The molecule has 2 aromatic carbocycles. The number of benzene rings is 2. The van der Waals surface area contributed by atoms with Crippen LogP contribution in [0, 0.1) is 0 Å². The van der Waals surface area contributed by atoms with Crippen molar-refractivity contribution in [1.29, 1.82) is 0 Å². The fourth-order valence-electron chi connectivity index (χ4n) is 2.09. The number of rotatable bonds is 4. The zero-order valence-electron chi connectivity index (χ0n) is 11.5. The normalized spacial score (nSPS) is 11.0. The average molecular weight is 366 g/mol. The summed E-state index contributed by atoms with van der Waals surface area (Å²) in [6.45, 7) is 2.75. The van der Waals surface area contributed by atoms with Gasteiger partial charge in [-0.1, -0.05) is 24.6 Å². The first kappa shape index (κ1) is 14.4. The molecule has 0 spiro atoms. The molecule has 0 aliphatic rings. The van der Waals surface area contributed by atoms with Crippen molar-refractivity contribution in [2.24, 2.45) is 0 Å². The zero-order valence-corrected chi connectivity index (χ0v) is 13.8. The maximum Gasteiger partial charge on any atom is 0.195 e. The molecule has 0 radical (unpaired) electrons. The highest BCUT2D eigenvalue weighted by atomic mass is 79.9. The first-order chi connectivity index (χ1) is 10.2. The lowest BCUT2D eigenvalue weighted by atomic mass is 10.2. The smallest absolute Gasteiger partial charge is 0.195 e. The number of aryl methyl sites for hydroxylation is 1. The number of fused-ring (bicyclic) bond motifs is 1. The van der Waals surface area contributed by atoms with Crippen molar-refractivity contribution in [1.82, 2.24) is 4.98 Å². The van der Waals surface area contributed by atoms with Gasteiger partial charge in [-0.15, -0.1) is 0 Å². The third kappa shape index (κ3) is 3.22. The van der Waals surface area contributed by atoms with E-state index >= 15 is 0 Å². The molecule has 0 saturated carbocycles. The molecule has 3 aromatic rings. The van der Waals surface area contributed by atoms with Crippen LogP contribution < -0.4 is 5.32 Å². The van der Waals surface area contributed by atoms with Crippen molar-refractivity contribution >= 4 is 44.3 Å². The lowest BCUT2D eigenvalue weighted by Crippen LogP contribution is -1.99. The summed E-state index contributed by atoms with van der Waals surface area (Å²) >= 11 is 9.43. The molecule has 5 heteroatoms. The van der Waals surface area contributed by atoms with Gasteiger partial charge in [0.25, 0.3) is 0 Å². The van der Waals surface area contributed by atoms with E-state index in [1.807, 2.05) is 43.3 Å². The third-order valence-electron chi connectivity index (χ3n) is 3.21. The van der Waals surface area contributed by atoms with Crippen LogP contribution in [0.4, 0.5) is 5.69 Å². The minimum Gasteiger partial charge on any atom is -0.441 e. The van der Waals surface area contributed by atoms with Crippen LogP contribution in [-0.4, -0.2) is 4.98 Å². The molecule has 3 rings (SSSR count). The highest BCUT2D eigenvalue weighted by Gasteiger charge is 2.05. The average Bonchev–Trinajstić information content (AvgIpc) is 2.90. The van der Waals surface area contributed by atoms with E-state index < -0.39 is 0 Å². The van der Waals surface area contributed by atoms with Crippen molar-refractivity contribution in [2.45, 2.75) is 19.9 Å². The summed E-state index contributed by atoms with van der Waals surface area (Å²) < 4.78 is 6.51. The predicted octanol–water partition coefficient (Wildman–Crippen LogP) is 5.42. The van der Waals surface area contributed by atoms with Crippen molar-refractivity contribution in [2.75, 3.05) is 5.32 Å². The minimum atomic E-state index is 0.717. The Morgan fingerprint density at radius 3 is 2.86 bits per heavy atom. The molecule has 0 amide bonds. The van der Waals surface area contributed by atoms with Crippen molar-refractivity contribution in [3.8, 4) is 0 Å². The lowest BCUT2D eigenvalue weighted by molar-refractivity contribution is 0.538. The number of hydrogen-bond donors (Lipinski definition) is 1. The van der Waals surface area contributed by atoms with E-state index in [0.29, 0.717) is 0 Å². The van der Waals surface area contributed by atoms with Crippen molar-refractivity contribution < 1.29 is 4.42 Å². The second-order valence-electron chi connectivity index (χ2n) is 4.75. The first-order valence-corrected chi connectivity index (χ1v) is 7.90. The van der Waals surface area contributed by atoms with Gasteiger partial charge in [0, 0.05) is 23.1 Å². The Labute approximate surface area is 136 Å². The Kier molecular flexibility index (Phi) is 4.17. The van der Waals surface area contributed by atoms with E-state index in [-0.39, 0.29) is 0 Å². The quantitative estimate of drug-likeness (QED) is 0.671. The Balaban J connectivity index is 1.76. The van der Waals surface area contributed by atoms with Crippen molar-refractivity contribution in [3.05, 3.63) is 57.3 Å². The van der Waals surface area contributed by atoms with Crippen molar-refractivity contribution in [3.63, 3.8) is 0 Å². The van der Waals surface area contributed by atoms with E-state index in [1.54, 1.807) is 0 Å². The fourth-order valence-corrected chi connectivity index (χ4v) is 2.63. The number of aromatic nitrogens is 1. The van der Waals surface area contributed by atoms with Gasteiger partial charge in [-0.05, 0) is 51.8 Å². The van der Waals surface area contributed by atoms with Gasteiger partial charge >= 0.3 is 0 Å². The summed E-state index contributed by atoms with van der Waals surface area (Å²) in [7, 11) is 0. The lowest BCUT2D eigenvalue weighted by Gasteiger charge is -2.07. The van der Waals surface area contributed by atoms with Crippen LogP contribution in [0.1, 0.15) is 18.4 Å². The summed E-state index contributed by atoms with van der Waals surface area (Å²) in [6, 6.07) is 11.8. The molecule has 3 nitrogen and oxygen atoms in total. The topological polar surface area (TPSA) is 38.1 Å². The van der Waals surface area contributed by atoms with Crippen LogP contribution in [0.15, 0.2) is 45.3 Å². The van der Waals surface area contributed by atoms with Gasteiger partial charge in [-0.25, -0.2) is 4.98 Å². The predicted molar refractivity (Wildman–Crippen MR) is 89.9 cm³/mol. The molecule has 108 valence electrons. The van der Waals surface area contributed by atoms with Crippen LogP contribution in [0.2, 0.25) is 5.02 Å². The Morgan fingerprint density at radius 2 is 2.10 bits per heavy atom. The summed E-state index contributed by atoms with van der Waals surface area (Å²) in [6.07, 6.45) is 0.802. The maximum atomic E-state index is 5.99. The van der Waals surface area contributed by atoms with E-state index in [2.05, 4.69) is 26.2 Å². The van der Waals surface area contributed by atoms with E-state index in [0.717, 1.165) is 50.7 Å². The molecular weight excluding hydrogens is 352 g/mol. The first-order valence-electron chi connectivity index (χ1n) is 6.73. The molecule has 0 atom stereocenters. The molecule has 1 N–H and O–H groups in total. The number of oxazole rings is 1. The highest BCUT2D eigenvalue weighted by molar-refractivity contribution is 9.10. The summed E-state index contributed by atoms with van der Waals surface area (Å²) in [5, 5.41) is 4.10. The third-order valence-corrected chi connectivity index (χ3v) is 4.43. The van der Waals surface area contributed by atoms with Gasteiger partial charge in [0.15, 0.2) is 11.5 Å². The number of anilines is 1. The Bertz CT molecular complexity index is 785. The van der Waals surface area contributed by atoms with Gasteiger partial charge in [0.2, 0.25) is 0 Å². The van der Waals surface area contributed by atoms with E-state index in [1.165, 1.54) is 0 Å². The zero-order chi connectivity index (χ0) is 14.8. The molecule has 1 aromatic heterocycles. The van der Waals surface area contributed by atoms with Crippen LogP contribution in [-0.2, 0) is 13.0 Å². The van der Waals surface area contributed by atoms with Crippen LogP contribution in [0.5, 0.6) is 0 Å². The van der Waals surface area contributed by atoms with Gasteiger partial charge in [-0.3, -0.25) is 0 Å². The second-order valence-corrected chi connectivity index (χ2v) is 6.01. The van der Waals surface area contributed by atoms with Crippen LogP contribution in [0.25, 0.3) is 11.1 Å². The molecule has 1 heterocycles. The minimum absolute atomic E-state index is 0.717. The molecule has 0 aliphatic heterocycles. The Hall–Kier alpha value is -1.52. The molecule has 0 unspecified atom stereocenters. The van der Waals surface area contributed by atoms with Gasteiger partial charge in [0.05, 0.1) is 5.02 Å². The SMILES string of the molecule is CCc1nc2cc(NCc3ccc(Cl)c(Br)c3)ccc2o1. The number of hydrogen-bond acceptors (Lipinski definition) is 3. The second kappa shape index (κ2) is 6.08. The fraction of sp³-hybridized carbons (Fsp3) is 0.188. The van der Waals surface area contributed by atoms with Gasteiger partial charge in [-0.2, -0.15) is 0 Å². The molecule has 0 aliphatic carbocycles. The maximum absolute atomic E-state index is 5.99. The number of nitrogens with zero attached hydrogens (tertiary/aromatic N) is 1.